The molecule has 3 aliphatic heterocycles. The molecule has 2 aromatic carbocycles. The van der Waals surface area contributed by atoms with Crippen molar-refractivity contribution in [1.82, 2.24) is 5.01 Å². The summed E-state index contributed by atoms with van der Waals surface area (Å²) in [4.78, 5) is 42.0. The van der Waals surface area contributed by atoms with Crippen LogP contribution in [0.15, 0.2) is 53.6 Å². The third-order valence-corrected chi connectivity index (χ3v) is 6.88. The maximum atomic E-state index is 14.1. The number of hydrogen-bond donors (Lipinski definition) is 0. The fraction of sp³-hybridized carbons (Fsp3) is 0.429. The lowest BCUT2D eigenvalue weighted by molar-refractivity contribution is -0.254. The van der Waals surface area contributed by atoms with E-state index in [-0.39, 0.29) is 0 Å². The lowest BCUT2D eigenvalue weighted by atomic mass is 9.65. The molecule has 0 radical (unpaired) electrons. The highest BCUT2D eigenvalue weighted by molar-refractivity contribution is 6.06. The number of ether oxygens (including phenoxy) is 4. The average Bonchev–Trinajstić information content (AvgIpc) is 3.14. The van der Waals surface area contributed by atoms with Crippen LogP contribution in [0.2, 0.25) is 0 Å². The van der Waals surface area contributed by atoms with Crippen LogP contribution >= 0.6 is 0 Å². The van der Waals surface area contributed by atoms with Crippen molar-refractivity contribution in [3.8, 4) is 5.75 Å². The maximum Gasteiger partial charge on any atom is 0.331 e. The summed E-state index contributed by atoms with van der Waals surface area (Å²) in [6.07, 6.45) is 1.62. The summed E-state index contributed by atoms with van der Waals surface area (Å²) in [7, 11) is 1.54. The molecule has 1 spiro atoms. The Balaban J connectivity index is 1.80. The molecule has 1 unspecified atom stereocenters. The molecule has 0 N–H and O–H groups in total. The van der Waals surface area contributed by atoms with Crippen LogP contribution in [0.4, 0.5) is 0 Å². The first-order valence-corrected chi connectivity index (χ1v) is 12.1. The van der Waals surface area contributed by atoms with Gasteiger partial charge in [-0.15, -0.1) is 0 Å². The van der Waals surface area contributed by atoms with E-state index in [2.05, 4.69) is 5.10 Å². The monoisotopic (exact) mass is 506 g/mol. The molecule has 5 rings (SSSR count). The summed E-state index contributed by atoms with van der Waals surface area (Å²) in [6, 6.07) is 12.1. The zero-order valence-electron chi connectivity index (χ0n) is 21.7. The molecule has 0 saturated carbocycles. The Bertz CT molecular complexity index is 1270. The molecule has 3 atom stereocenters. The SMILES string of the molecule is COc1ccc([C@@H]2[C@@H](C(=O)OC(C)(C)C)N3N=Cc4ccccc4C3C23C(=O)OC(C)(C)OC3=O)cc1. The second-order valence-corrected chi connectivity index (χ2v) is 10.9. The molecule has 2 saturated heterocycles. The highest BCUT2D eigenvalue weighted by Crippen LogP contribution is 2.62. The zero-order chi connectivity index (χ0) is 26.8. The van der Waals surface area contributed by atoms with Crippen LogP contribution in [0, 0.1) is 5.41 Å². The standard InChI is InChI=1S/C28H30N2O7/c1-26(2,3)35-23(31)21-20(16-11-13-18(34-6)14-12-16)28(24(32)36-27(4,5)37-25(28)33)22-19-10-8-7-9-17(19)15-29-30(21)22/h7-15,20-22H,1-6H3/t20-,21+,22?/m1/s1. The van der Waals surface area contributed by atoms with E-state index in [4.69, 9.17) is 18.9 Å². The number of hydrazone groups is 1. The number of rotatable bonds is 3. The van der Waals surface area contributed by atoms with Crippen molar-refractivity contribution >= 4 is 24.1 Å². The topological polar surface area (TPSA) is 104 Å². The van der Waals surface area contributed by atoms with Gasteiger partial charge in [0, 0.05) is 19.8 Å². The minimum Gasteiger partial charge on any atom is -0.497 e. The number of carbonyl (C=O) groups is 3. The average molecular weight is 507 g/mol. The zero-order valence-corrected chi connectivity index (χ0v) is 21.7. The van der Waals surface area contributed by atoms with Crippen LogP contribution in [0.3, 0.4) is 0 Å². The first-order valence-electron chi connectivity index (χ1n) is 12.1. The van der Waals surface area contributed by atoms with Crippen molar-refractivity contribution in [1.29, 1.82) is 0 Å². The molecule has 3 heterocycles. The number of benzene rings is 2. The molecule has 194 valence electrons. The molecule has 2 fully saturated rings. The van der Waals surface area contributed by atoms with Gasteiger partial charge in [-0.05, 0) is 49.6 Å². The first-order chi connectivity index (χ1) is 17.4. The van der Waals surface area contributed by atoms with Crippen LogP contribution in [-0.4, -0.2) is 53.7 Å². The molecule has 0 aromatic heterocycles. The fourth-order valence-corrected chi connectivity index (χ4v) is 5.53. The summed E-state index contributed by atoms with van der Waals surface area (Å²) in [5.41, 5.74) is -0.811. The summed E-state index contributed by atoms with van der Waals surface area (Å²) in [5.74, 6) is -4.07. The maximum absolute atomic E-state index is 14.1. The van der Waals surface area contributed by atoms with Gasteiger partial charge in [0.1, 0.15) is 17.4 Å². The van der Waals surface area contributed by atoms with Gasteiger partial charge in [-0.25, -0.2) is 4.79 Å². The summed E-state index contributed by atoms with van der Waals surface area (Å²) in [6.45, 7) is 8.29. The van der Waals surface area contributed by atoms with Gasteiger partial charge in [0.15, 0.2) is 6.04 Å². The largest absolute Gasteiger partial charge is 0.497 e. The number of esters is 3. The summed E-state index contributed by atoms with van der Waals surface area (Å²) >= 11 is 0. The number of cyclic esters (lactones) is 2. The fourth-order valence-electron chi connectivity index (χ4n) is 5.53. The number of methoxy groups -OCH3 is 1. The van der Waals surface area contributed by atoms with Crippen LogP contribution in [0.25, 0.3) is 0 Å². The second kappa shape index (κ2) is 8.33. The van der Waals surface area contributed by atoms with Gasteiger partial charge >= 0.3 is 17.9 Å². The normalized spacial score (nSPS) is 25.1. The predicted octanol–water partition coefficient (Wildman–Crippen LogP) is 3.72. The van der Waals surface area contributed by atoms with Gasteiger partial charge in [0.2, 0.25) is 5.41 Å². The second-order valence-electron chi connectivity index (χ2n) is 10.9. The van der Waals surface area contributed by atoms with Gasteiger partial charge in [-0.2, -0.15) is 5.10 Å². The smallest absolute Gasteiger partial charge is 0.331 e. The molecule has 9 heteroatoms. The molecule has 9 nitrogen and oxygen atoms in total. The van der Waals surface area contributed by atoms with Crippen molar-refractivity contribution in [3.63, 3.8) is 0 Å². The number of fused-ring (bicyclic) bond motifs is 4. The van der Waals surface area contributed by atoms with Gasteiger partial charge in [0.05, 0.1) is 13.3 Å². The van der Waals surface area contributed by atoms with Gasteiger partial charge in [0.25, 0.3) is 5.79 Å². The molecule has 2 aromatic rings. The number of hydrogen-bond acceptors (Lipinski definition) is 9. The lowest BCUT2D eigenvalue weighted by Gasteiger charge is -2.44. The van der Waals surface area contributed by atoms with E-state index in [1.165, 1.54) is 18.9 Å². The molecular formula is C28H30N2O7. The molecule has 3 aliphatic rings. The molecule has 0 bridgehead atoms. The van der Waals surface area contributed by atoms with Crippen molar-refractivity contribution in [3.05, 3.63) is 65.2 Å². The molecule has 37 heavy (non-hydrogen) atoms. The van der Waals surface area contributed by atoms with E-state index in [1.807, 2.05) is 24.3 Å². The van der Waals surface area contributed by atoms with Crippen LogP contribution in [0.5, 0.6) is 5.75 Å². The van der Waals surface area contributed by atoms with Gasteiger partial charge < -0.3 is 18.9 Å². The predicted molar refractivity (Wildman–Crippen MR) is 133 cm³/mol. The van der Waals surface area contributed by atoms with E-state index >= 15 is 0 Å². The van der Waals surface area contributed by atoms with E-state index in [9.17, 15) is 14.4 Å². The van der Waals surface area contributed by atoms with Crippen molar-refractivity contribution < 1.29 is 33.3 Å². The minimum absolute atomic E-state index is 0.548. The van der Waals surface area contributed by atoms with Crippen molar-refractivity contribution in [2.45, 2.75) is 64.0 Å². The highest BCUT2D eigenvalue weighted by atomic mass is 16.7. The van der Waals surface area contributed by atoms with Crippen molar-refractivity contribution in [2.24, 2.45) is 10.5 Å². The van der Waals surface area contributed by atoms with Crippen LogP contribution in [-0.2, 0) is 28.6 Å². The Morgan fingerprint density at radius 1 is 1.00 bits per heavy atom. The Morgan fingerprint density at radius 2 is 1.62 bits per heavy atom. The quantitative estimate of drug-likeness (QED) is 0.458. The minimum atomic E-state index is -1.93. The van der Waals surface area contributed by atoms with Gasteiger partial charge in [-0.3, -0.25) is 14.6 Å². The van der Waals surface area contributed by atoms with Crippen molar-refractivity contribution in [2.75, 3.05) is 7.11 Å². The first kappa shape index (κ1) is 24.8. The summed E-state index contributed by atoms with van der Waals surface area (Å²) < 4.78 is 22.6. The number of nitrogens with zero attached hydrogens (tertiary/aromatic N) is 2. The molecule has 0 amide bonds. The Labute approximate surface area is 215 Å². The lowest BCUT2D eigenvalue weighted by Crippen LogP contribution is -2.58. The molecule has 0 aliphatic carbocycles. The van der Waals surface area contributed by atoms with E-state index < -0.39 is 52.7 Å². The van der Waals surface area contributed by atoms with Crippen LogP contribution < -0.4 is 4.74 Å². The number of carbonyl (C=O) groups excluding carboxylic acids is 3. The Morgan fingerprint density at radius 3 is 2.22 bits per heavy atom. The van der Waals surface area contributed by atoms with E-state index in [0.29, 0.717) is 16.9 Å². The van der Waals surface area contributed by atoms with Crippen LogP contribution in [0.1, 0.15) is 63.3 Å². The third-order valence-electron chi connectivity index (χ3n) is 6.88. The van der Waals surface area contributed by atoms with Gasteiger partial charge in [-0.1, -0.05) is 36.4 Å². The van der Waals surface area contributed by atoms with E-state index in [1.54, 1.807) is 58.4 Å². The van der Waals surface area contributed by atoms with E-state index in [0.717, 1.165) is 5.56 Å². The molecular weight excluding hydrogens is 476 g/mol. The third kappa shape index (κ3) is 3.84. The highest BCUT2D eigenvalue weighted by Gasteiger charge is 2.75. The summed E-state index contributed by atoms with van der Waals surface area (Å²) in [5, 5.41) is 6.10. The Kier molecular flexibility index (Phi) is 5.58. The Hall–Kier alpha value is -3.88.